The summed E-state index contributed by atoms with van der Waals surface area (Å²) in [6.45, 7) is 2.60. The van der Waals surface area contributed by atoms with Crippen molar-refractivity contribution in [3.05, 3.63) is 45.6 Å². The van der Waals surface area contributed by atoms with Crippen molar-refractivity contribution in [2.75, 3.05) is 6.61 Å². The van der Waals surface area contributed by atoms with E-state index in [9.17, 15) is 4.79 Å². The van der Waals surface area contributed by atoms with Crippen LogP contribution < -0.4 is 0 Å². The smallest absolute Gasteiger partial charge is 0.214 e. The molecule has 2 atom stereocenters. The molecule has 0 unspecified atom stereocenters. The van der Waals surface area contributed by atoms with E-state index in [1.165, 1.54) is 0 Å². The first kappa shape index (κ1) is 13.4. The van der Waals surface area contributed by atoms with Gasteiger partial charge in [-0.2, -0.15) is 0 Å². The van der Waals surface area contributed by atoms with Gasteiger partial charge >= 0.3 is 0 Å². The summed E-state index contributed by atoms with van der Waals surface area (Å²) < 4.78 is 6.08. The Morgan fingerprint density at radius 1 is 1.32 bits per heavy atom. The van der Waals surface area contributed by atoms with Gasteiger partial charge in [0, 0.05) is 10.4 Å². The van der Waals surface area contributed by atoms with Crippen molar-refractivity contribution in [1.29, 1.82) is 0 Å². The maximum atomic E-state index is 12.5. The van der Waals surface area contributed by atoms with Crippen molar-refractivity contribution in [2.24, 2.45) is 0 Å². The lowest BCUT2D eigenvalue weighted by Crippen LogP contribution is -2.30. The van der Waals surface area contributed by atoms with Crippen molar-refractivity contribution in [3.8, 4) is 0 Å². The average Bonchev–Trinajstić information content (AvgIpc) is 2.60. The van der Waals surface area contributed by atoms with Gasteiger partial charge in [0.15, 0.2) is 5.76 Å². The van der Waals surface area contributed by atoms with Crippen molar-refractivity contribution < 1.29 is 9.53 Å². The summed E-state index contributed by atoms with van der Waals surface area (Å²) in [6, 6.07) is 8.19. The maximum Gasteiger partial charge on any atom is 0.214 e. The first-order valence-electron chi connectivity index (χ1n) is 6.37. The number of ether oxygens (including phenoxy) is 1. The van der Waals surface area contributed by atoms with Gasteiger partial charge in [0.25, 0.3) is 0 Å². The lowest BCUT2D eigenvalue weighted by molar-refractivity contribution is -0.119. The van der Waals surface area contributed by atoms with Gasteiger partial charge in [0.05, 0.1) is 10.9 Å². The molecule has 19 heavy (non-hydrogen) atoms. The third-order valence-corrected chi connectivity index (χ3v) is 5.22. The average molecular weight is 386 g/mol. The van der Waals surface area contributed by atoms with Crippen molar-refractivity contribution in [1.82, 2.24) is 0 Å². The normalized spacial score (nSPS) is 30.3. The van der Waals surface area contributed by atoms with Crippen molar-refractivity contribution >= 4 is 37.6 Å². The van der Waals surface area contributed by atoms with Crippen LogP contribution in [0.3, 0.4) is 0 Å². The van der Waals surface area contributed by atoms with E-state index in [4.69, 9.17) is 4.74 Å². The van der Waals surface area contributed by atoms with Crippen LogP contribution in [0.1, 0.15) is 31.2 Å². The monoisotopic (exact) mass is 384 g/mol. The van der Waals surface area contributed by atoms with Crippen molar-refractivity contribution in [3.63, 3.8) is 0 Å². The predicted octanol–water partition coefficient (Wildman–Crippen LogP) is 4.33. The van der Waals surface area contributed by atoms with Gasteiger partial charge in [-0.25, -0.2) is 0 Å². The molecule has 100 valence electrons. The molecular formula is C15H14Br2O2. The highest BCUT2D eigenvalue weighted by atomic mass is 79.9. The summed E-state index contributed by atoms with van der Waals surface area (Å²) >= 11 is 7.08. The topological polar surface area (TPSA) is 26.3 Å². The number of alkyl halides is 1. The molecule has 0 N–H and O–H groups in total. The molecule has 0 fully saturated rings. The van der Waals surface area contributed by atoms with E-state index in [0.717, 1.165) is 28.5 Å². The number of halogens is 2. The van der Waals surface area contributed by atoms with Gasteiger partial charge in [-0.1, -0.05) is 44.0 Å². The highest BCUT2D eigenvalue weighted by Crippen LogP contribution is 2.52. The molecule has 0 saturated carbocycles. The second-order valence-electron chi connectivity index (χ2n) is 5.20. The zero-order valence-corrected chi connectivity index (χ0v) is 13.8. The molecule has 3 rings (SSSR count). The fourth-order valence-corrected chi connectivity index (χ4v) is 3.96. The van der Waals surface area contributed by atoms with Crippen LogP contribution in [-0.2, 0) is 9.53 Å². The summed E-state index contributed by atoms with van der Waals surface area (Å²) in [7, 11) is 0. The van der Waals surface area contributed by atoms with Crippen molar-refractivity contribution in [2.45, 2.75) is 30.0 Å². The van der Waals surface area contributed by atoms with Crippen LogP contribution in [0.15, 0.2) is 40.1 Å². The molecule has 4 heteroatoms. The van der Waals surface area contributed by atoms with E-state index in [1.807, 2.05) is 19.1 Å². The number of ketones is 1. The number of hydrogen-bond acceptors (Lipinski definition) is 2. The van der Waals surface area contributed by atoms with Crippen LogP contribution in [0.5, 0.6) is 0 Å². The number of hydrogen-bond donors (Lipinski definition) is 0. The van der Waals surface area contributed by atoms with Gasteiger partial charge in [-0.15, -0.1) is 0 Å². The fourth-order valence-electron chi connectivity index (χ4n) is 2.98. The van der Waals surface area contributed by atoms with Gasteiger partial charge in [0.2, 0.25) is 5.78 Å². The maximum absolute atomic E-state index is 12.5. The highest BCUT2D eigenvalue weighted by molar-refractivity contribution is 9.10. The van der Waals surface area contributed by atoms with Crippen LogP contribution in [0.2, 0.25) is 0 Å². The Kier molecular flexibility index (Phi) is 3.34. The van der Waals surface area contributed by atoms with Gasteiger partial charge in [0.1, 0.15) is 0 Å². The first-order chi connectivity index (χ1) is 9.01. The molecule has 0 saturated heterocycles. The second kappa shape index (κ2) is 4.74. The Hall–Kier alpha value is -0.610. The van der Waals surface area contributed by atoms with E-state index >= 15 is 0 Å². The number of carbonyl (C=O) groups excluding carboxylic acids is 1. The Balaban J connectivity index is 2.10. The van der Waals surface area contributed by atoms with Crippen LogP contribution in [0.4, 0.5) is 0 Å². The van der Waals surface area contributed by atoms with E-state index < -0.39 is 4.32 Å². The van der Waals surface area contributed by atoms with Gasteiger partial charge in [-0.3, -0.25) is 4.79 Å². The zero-order chi connectivity index (χ0) is 13.6. The zero-order valence-electron chi connectivity index (χ0n) is 10.6. The summed E-state index contributed by atoms with van der Waals surface area (Å²) in [5.74, 6) is 0.747. The third-order valence-electron chi connectivity index (χ3n) is 3.87. The highest BCUT2D eigenvalue weighted by Gasteiger charge is 2.52. The minimum absolute atomic E-state index is 0.0726. The van der Waals surface area contributed by atoms with Crippen LogP contribution in [-0.4, -0.2) is 16.7 Å². The minimum atomic E-state index is -0.587. The third kappa shape index (κ3) is 2.09. The number of allylic oxidation sites excluding steroid dienone is 2. The minimum Gasteiger partial charge on any atom is -0.490 e. The Labute approximate surface area is 129 Å². The Morgan fingerprint density at radius 2 is 2.00 bits per heavy atom. The summed E-state index contributed by atoms with van der Waals surface area (Å²) in [5.41, 5.74) is 2.31. The number of rotatable bonds is 1. The number of benzene rings is 1. The fraction of sp³-hybridized carbons (Fsp3) is 0.400. The molecule has 0 spiro atoms. The number of Topliss-reactive ketones (excluding diaryl/α,β-unsaturated/α-hetero) is 1. The standard InChI is InChI=1S/C15H14Br2O2/c1-15(17)12(9-4-6-10(16)7-5-9)11-3-2-8-19-13(11)14(15)18/h4-7,12H,2-3,8H2,1H3/t12-,15+/m0/s1. The van der Waals surface area contributed by atoms with E-state index in [2.05, 4.69) is 44.0 Å². The summed E-state index contributed by atoms with van der Waals surface area (Å²) in [4.78, 5) is 12.5. The largest absolute Gasteiger partial charge is 0.490 e. The van der Waals surface area contributed by atoms with Crippen LogP contribution in [0.25, 0.3) is 0 Å². The summed E-state index contributed by atoms with van der Waals surface area (Å²) in [6.07, 6.45) is 1.94. The Bertz CT molecular complexity index is 558. The SMILES string of the molecule is C[C@]1(Br)C(=O)C2=C(CCCO2)[C@@H]1c1ccc(Br)cc1. The molecule has 0 amide bonds. The molecular weight excluding hydrogens is 372 g/mol. The number of carbonyl (C=O) groups is 1. The van der Waals surface area contributed by atoms with Crippen LogP contribution in [0, 0.1) is 0 Å². The predicted molar refractivity (Wildman–Crippen MR) is 81.4 cm³/mol. The van der Waals surface area contributed by atoms with E-state index in [0.29, 0.717) is 12.4 Å². The van der Waals surface area contributed by atoms with Gasteiger partial charge < -0.3 is 4.74 Å². The molecule has 1 aliphatic carbocycles. The second-order valence-corrected chi connectivity index (χ2v) is 7.76. The van der Waals surface area contributed by atoms with E-state index in [-0.39, 0.29) is 11.7 Å². The molecule has 1 heterocycles. The molecule has 0 radical (unpaired) electrons. The first-order valence-corrected chi connectivity index (χ1v) is 7.95. The van der Waals surface area contributed by atoms with E-state index in [1.54, 1.807) is 0 Å². The molecule has 1 aromatic rings. The molecule has 1 aliphatic heterocycles. The molecule has 1 aromatic carbocycles. The lowest BCUT2D eigenvalue weighted by atomic mass is 9.84. The van der Waals surface area contributed by atoms with Crippen LogP contribution >= 0.6 is 31.9 Å². The Morgan fingerprint density at radius 3 is 2.68 bits per heavy atom. The molecule has 2 aliphatic rings. The van der Waals surface area contributed by atoms with Gasteiger partial charge in [-0.05, 0) is 43.0 Å². The molecule has 0 aromatic heterocycles. The molecule has 0 bridgehead atoms. The quantitative estimate of drug-likeness (QED) is 0.672. The molecule has 2 nitrogen and oxygen atoms in total. The lowest BCUT2D eigenvalue weighted by Gasteiger charge is -2.26. The summed E-state index contributed by atoms with van der Waals surface area (Å²) in [5, 5.41) is 0.